The molecule has 3 rings (SSSR count). The quantitative estimate of drug-likeness (QED) is 0.887. The fourth-order valence-electron chi connectivity index (χ4n) is 3.08. The number of aromatic nitrogens is 1. The van der Waals surface area contributed by atoms with E-state index in [0.717, 1.165) is 62.4 Å². The molecule has 0 saturated carbocycles. The lowest BCUT2D eigenvalue weighted by molar-refractivity contribution is 0.0697. The Labute approximate surface area is 113 Å². The first-order chi connectivity index (χ1) is 9.15. The molecule has 0 atom stereocenters. The van der Waals surface area contributed by atoms with Crippen LogP contribution in [0, 0.1) is 5.92 Å². The predicted molar refractivity (Wildman–Crippen MR) is 73.8 cm³/mol. The number of aromatic carboxylic acids is 1. The Hall–Kier alpha value is -1.58. The number of aryl methyl sites for hydroxylation is 2. The molecule has 2 aliphatic rings. The van der Waals surface area contributed by atoms with Crippen molar-refractivity contribution in [3.05, 3.63) is 22.9 Å². The standard InChI is InChI=1S/C15H20N2O2/c1-10-5-7-17(8-6-10)14-12(15(18)19)9-11-3-2-4-13(11)16-14/h9-10H,2-8H2,1H3,(H,18,19). The first-order valence-corrected chi connectivity index (χ1v) is 7.16. The van der Waals surface area contributed by atoms with Crippen molar-refractivity contribution in [3.63, 3.8) is 0 Å². The number of nitrogens with zero attached hydrogens (tertiary/aromatic N) is 2. The second-order valence-corrected chi connectivity index (χ2v) is 5.79. The summed E-state index contributed by atoms with van der Waals surface area (Å²) in [6.45, 7) is 4.10. The van der Waals surface area contributed by atoms with Gasteiger partial charge in [0.05, 0.1) is 0 Å². The van der Waals surface area contributed by atoms with Gasteiger partial charge in [0.25, 0.3) is 0 Å². The van der Waals surface area contributed by atoms with Crippen molar-refractivity contribution in [2.45, 2.75) is 39.0 Å². The zero-order valence-electron chi connectivity index (χ0n) is 11.4. The van der Waals surface area contributed by atoms with E-state index in [1.807, 2.05) is 6.07 Å². The minimum absolute atomic E-state index is 0.384. The van der Waals surface area contributed by atoms with Crippen LogP contribution in [0.25, 0.3) is 0 Å². The molecule has 4 heteroatoms. The molecule has 0 bridgehead atoms. The van der Waals surface area contributed by atoms with Crippen molar-refractivity contribution >= 4 is 11.8 Å². The van der Waals surface area contributed by atoms with Gasteiger partial charge in [-0.05, 0) is 49.7 Å². The molecule has 1 N–H and O–H groups in total. The summed E-state index contributed by atoms with van der Waals surface area (Å²) < 4.78 is 0. The predicted octanol–water partition coefficient (Wildman–Crippen LogP) is 2.50. The van der Waals surface area contributed by atoms with Crippen LogP contribution >= 0.6 is 0 Å². The van der Waals surface area contributed by atoms with Crippen molar-refractivity contribution in [1.29, 1.82) is 0 Å². The van der Waals surface area contributed by atoms with Gasteiger partial charge in [0.1, 0.15) is 11.4 Å². The lowest BCUT2D eigenvalue weighted by atomic mass is 9.98. The number of rotatable bonds is 2. The second kappa shape index (κ2) is 4.83. The van der Waals surface area contributed by atoms with Gasteiger partial charge in [-0.3, -0.25) is 0 Å². The zero-order valence-corrected chi connectivity index (χ0v) is 11.4. The molecular weight excluding hydrogens is 240 g/mol. The van der Waals surface area contributed by atoms with Crippen LogP contribution in [0.15, 0.2) is 6.07 Å². The smallest absolute Gasteiger partial charge is 0.339 e. The maximum atomic E-state index is 11.5. The Kier molecular flexibility index (Phi) is 3.17. The molecule has 0 spiro atoms. The van der Waals surface area contributed by atoms with E-state index in [0.29, 0.717) is 11.4 Å². The summed E-state index contributed by atoms with van der Waals surface area (Å²) in [6, 6.07) is 1.85. The number of carbonyl (C=O) groups is 1. The van der Waals surface area contributed by atoms with Gasteiger partial charge in [0.15, 0.2) is 0 Å². The lowest BCUT2D eigenvalue weighted by Crippen LogP contribution is -2.34. The van der Waals surface area contributed by atoms with Crippen LogP contribution < -0.4 is 4.90 Å². The van der Waals surface area contributed by atoms with Crippen LogP contribution in [0.3, 0.4) is 0 Å². The number of carboxylic acid groups (broad SMARTS) is 1. The minimum Gasteiger partial charge on any atom is -0.478 e. The number of piperidine rings is 1. The highest BCUT2D eigenvalue weighted by molar-refractivity contribution is 5.93. The Morgan fingerprint density at radius 2 is 2.11 bits per heavy atom. The summed E-state index contributed by atoms with van der Waals surface area (Å²) in [5.41, 5.74) is 2.63. The van der Waals surface area contributed by atoms with Crippen LogP contribution in [0.1, 0.15) is 47.8 Å². The fourth-order valence-corrected chi connectivity index (χ4v) is 3.08. The molecule has 19 heavy (non-hydrogen) atoms. The van der Waals surface area contributed by atoms with E-state index in [1.165, 1.54) is 0 Å². The Bertz CT molecular complexity index is 505. The van der Waals surface area contributed by atoms with Gasteiger partial charge in [0, 0.05) is 18.8 Å². The number of hydrogen-bond donors (Lipinski definition) is 1. The van der Waals surface area contributed by atoms with Crippen molar-refractivity contribution in [2.75, 3.05) is 18.0 Å². The summed E-state index contributed by atoms with van der Waals surface area (Å²) >= 11 is 0. The Balaban J connectivity index is 1.97. The third-order valence-electron chi connectivity index (χ3n) is 4.34. The minimum atomic E-state index is -0.851. The van der Waals surface area contributed by atoms with Gasteiger partial charge in [-0.1, -0.05) is 6.92 Å². The molecule has 0 unspecified atom stereocenters. The fraction of sp³-hybridized carbons (Fsp3) is 0.600. The summed E-state index contributed by atoms with van der Waals surface area (Å²) in [5, 5.41) is 9.41. The topological polar surface area (TPSA) is 53.4 Å². The molecule has 1 aliphatic heterocycles. The molecular formula is C15H20N2O2. The van der Waals surface area contributed by atoms with E-state index in [9.17, 15) is 9.90 Å². The maximum absolute atomic E-state index is 11.5. The Morgan fingerprint density at radius 3 is 2.79 bits per heavy atom. The van der Waals surface area contributed by atoms with E-state index in [2.05, 4.69) is 16.8 Å². The SMILES string of the molecule is CC1CCN(c2nc3c(cc2C(=O)O)CCC3)CC1. The average Bonchev–Trinajstić information content (AvgIpc) is 2.85. The van der Waals surface area contributed by atoms with E-state index in [4.69, 9.17) is 0 Å². The number of hydrogen-bond acceptors (Lipinski definition) is 3. The number of anilines is 1. The molecule has 4 nitrogen and oxygen atoms in total. The molecule has 1 aliphatic carbocycles. The highest BCUT2D eigenvalue weighted by Crippen LogP contribution is 2.29. The lowest BCUT2D eigenvalue weighted by Gasteiger charge is -2.32. The largest absolute Gasteiger partial charge is 0.478 e. The number of pyridine rings is 1. The molecule has 2 heterocycles. The van der Waals surface area contributed by atoms with Gasteiger partial charge in [0.2, 0.25) is 0 Å². The zero-order chi connectivity index (χ0) is 13.4. The van der Waals surface area contributed by atoms with Gasteiger partial charge in [-0.2, -0.15) is 0 Å². The highest BCUT2D eigenvalue weighted by Gasteiger charge is 2.25. The van der Waals surface area contributed by atoms with Crippen molar-refractivity contribution in [2.24, 2.45) is 5.92 Å². The summed E-state index contributed by atoms with van der Waals surface area (Å²) in [4.78, 5) is 18.3. The van der Waals surface area contributed by atoms with Crippen LogP contribution in [-0.4, -0.2) is 29.1 Å². The van der Waals surface area contributed by atoms with Gasteiger partial charge in [-0.15, -0.1) is 0 Å². The van der Waals surface area contributed by atoms with E-state index in [1.54, 1.807) is 0 Å². The van der Waals surface area contributed by atoms with Gasteiger partial charge < -0.3 is 10.0 Å². The van der Waals surface area contributed by atoms with Crippen molar-refractivity contribution in [3.8, 4) is 0 Å². The van der Waals surface area contributed by atoms with Crippen LogP contribution in [0.2, 0.25) is 0 Å². The average molecular weight is 260 g/mol. The monoisotopic (exact) mass is 260 g/mol. The van der Waals surface area contributed by atoms with Crippen molar-refractivity contribution < 1.29 is 9.90 Å². The Morgan fingerprint density at radius 1 is 1.37 bits per heavy atom. The van der Waals surface area contributed by atoms with Crippen molar-refractivity contribution in [1.82, 2.24) is 4.98 Å². The second-order valence-electron chi connectivity index (χ2n) is 5.79. The molecule has 1 fully saturated rings. The van der Waals surface area contributed by atoms with Crippen LogP contribution in [-0.2, 0) is 12.8 Å². The first-order valence-electron chi connectivity index (χ1n) is 7.16. The van der Waals surface area contributed by atoms with E-state index in [-0.39, 0.29) is 0 Å². The molecule has 102 valence electrons. The van der Waals surface area contributed by atoms with E-state index < -0.39 is 5.97 Å². The van der Waals surface area contributed by atoms with Crippen LogP contribution in [0.4, 0.5) is 5.82 Å². The maximum Gasteiger partial charge on any atom is 0.339 e. The molecule has 0 amide bonds. The summed E-state index contributed by atoms with van der Waals surface area (Å²) in [5.74, 6) is 0.579. The summed E-state index contributed by atoms with van der Waals surface area (Å²) in [7, 11) is 0. The summed E-state index contributed by atoms with van der Waals surface area (Å²) in [6.07, 6.45) is 5.31. The normalized spacial score (nSPS) is 19.5. The third-order valence-corrected chi connectivity index (χ3v) is 4.34. The molecule has 0 radical (unpaired) electrons. The first kappa shape index (κ1) is 12.5. The molecule has 1 aromatic rings. The molecule has 1 saturated heterocycles. The highest BCUT2D eigenvalue weighted by atomic mass is 16.4. The molecule has 1 aromatic heterocycles. The van der Waals surface area contributed by atoms with E-state index >= 15 is 0 Å². The number of fused-ring (bicyclic) bond motifs is 1. The van der Waals surface area contributed by atoms with Gasteiger partial charge in [-0.25, -0.2) is 9.78 Å². The van der Waals surface area contributed by atoms with Crippen LogP contribution in [0.5, 0.6) is 0 Å². The van der Waals surface area contributed by atoms with Gasteiger partial charge >= 0.3 is 5.97 Å². The number of carboxylic acids is 1. The molecule has 0 aromatic carbocycles. The third kappa shape index (κ3) is 2.31.